The number of amides is 2. The van der Waals surface area contributed by atoms with E-state index in [0.29, 0.717) is 13.1 Å². The number of hydrogen-bond donors (Lipinski definition) is 2. The van der Waals surface area contributed by atoms with E-state index < -0.39 is 0 Å². The number of pyridine rings is 2. The Morgan fingerprint density at radius 2 is 1.12 bits per heavy atom. The van der Waals surface area contributed by atoms with Crippen molar-refractivity contribution in [1.29, 1.82) is 0 Å². The van der Waals surface area contributed by atoms with E-state index in [1.54, 1.807) is 18.6 Å². The minimum Gasteiger partial charge on any atom is -0.384 e. The smallest absolute Gasteiger partial charge is 0.261 e. The maximum atomic E-state index is 13.3. The fourth-order valence-corrected chi connectivity index (χ4v) is 7.55. The number of aromatic nitrogens is 2. The van der Waals surface area contributed by atoms with E-state index in [1.807, 2.05) is 70.6 Å². The molecule has 2 aliphatic heterocycles. The van der Waals surface area contributed by atoms with Gasteiger partial charge in [-0.15, -0.1) is 0 Å². The number of hydrogen-bond acceptors (Lipinski definition) is 6. The lowest BCUT2D eigenvalue weighted by Crippen LogP contribution is -2.24. The molecule has 4 heterocycles. The zero-order valence-corrected chi connectivity index (χ0v) is 34.7. The number of anilines is 4. The van der Waals surface area contributed by atoms with Crippen LogP contribution in [0.2, 0.25) is 0 Å². The van der Waals surface area contributed by atoms with Gasteiger partial charge in [0.25, 0.3) is 11.8 Å². The summed E-state index contributed by atoms with van der Waals surface area (Å²) in [5, 5.41) is 6.96. The largest absolute Gasteiger partial charge is 0.384 e. The summed E-state index contributed by atoms with van der Waals surface area (Å²) in [6.07, 6.45) is 8.10. The number of carbonyl (C=O) groups is 2. The predicted octanol–water partition coefficient (Wildman–Crippen LogP) is 10.9. The molecule has 8 rings (SSSR count). The summed E-state index contributed by atoms with van der Waals surface area (Å²) >= 11 is 0. The quantitative estimate of drug-likeness (QED) is 0.152. The molecule has 6 aromatic rings. The first-order chi connectivity index (χ1) is 27.8. The van der Waals surface area contributed by atoms with Crippen molar-refractivity contribution >= 4 is 34.6 Å². The highest BCUT2D eigenvalue weighted by Gasteiger charge is 2.33. The lowest BCUT2D eigenvalue weighted by atomic mass is 9.87. The van der Waals surface area contributed by atoms with Crippen molar-refractivity contribution in [2.75, 3.05) is 27.0 Å². The molecule has 4 aromatic carbocycles. The number of carbonyl (C=O) groups excluding carboxylic acids is 2. The lowest BCUT2D eigenvalue weighted by molar-refractivity contribution is 0.0989. The summed E-state index contributed by atoms with van der Waals surface area (Å²) in [4.78, 5) is 38.5. The third-order valence-electron chi connectivity index (χ3n) is 11.0. The van der Waals surface area contributed by atoms with Crippen LogP contribution in [-0.4, -0.2) is 28.3 Å². The Balaban J connectivity index is 0.000000177. The molecule has 0 radical (unpaired) electrons. The Morgan fingerprint density at radius 1 is 0.603 bits per heavy atom. The van der Waals surface area contributed by atoms with E-state index in [4.69, 9.17) is 0 Å². The average molecular weight is 771 g/mol. The molecule has 0 spiro atoms. The summed E-state index contributed by atoms with van der Waals surface area (Å²) < 4.78 is 0. The van der Waals surface area contributed by atoms with E-state index in [2.05, 4.69) is 124 Å². The molecule has 8 nitrogen and oxygen atoms in total. The molecule has 1 atom stereocenters. The van der Waals surface area contributed by atoms with Crippen molar-refractivity contribution < 1.29 is 9.59 Å². The first kappa shape index (κ1) is 39.9. The molecule has 2 amide bonds. The first-order valence-corrected chi connectivity index (χ1v) is 20.2. The molecule has 296 valence electrons. The van der Waals surface area contributed by atoms with Crippen LogP contribution in [0.5, 0.6) is 0 Å². The Hall–Kier alpha value is -6.28. The Bertz CT molecular complexity index is 2360. The monoisotopic (exact) mass is 770 g/mol. The molecule has 0 saturated carbocycles. The second-order valence-corrected chi connectivity index (χ2v) is 17.2. The van der Waals surface area contributed by atoms with Crippen molar-refractivity contribution in [2.24, 2.45) is 0 Å². The summed E-state index contributed by atoms with van der Waals surface area (Å²) in [5.41, 5.74) is 12.4. The van der Waals surface area contributed by atoms with Gasteiger partial charge >= 0.3 is 0 Å². The minimum atomic E-state index is 0.0496. The second kappa shape index (κ2) is 16.7. The third-order valence-corrected chi connectivity index (χ3v) is 11.0. The molecule has 58 heavy (non-hydrogen) atoms. The van der Waals surface area contributed by atoms with Gasteiger partial charge < -0.3 is 20.4 Å². The van der Waals surface area contributed by atoms with Gasteiger partial charge in [-0.05, 0) is 112 Å². The van der Waals surface area contributed by atoms with Crippen molar-refractivity contribution in [2.45, 2.75) is 84.8 Å². The number of benzene rings is 4. The fraction of sp³-hybridized carbons (Fsp3) is 0.280. The minimum absolute atomic E-state index is 0.0496. The molecular weight excluding hydrogens is 717 g/mol. The SMILES string of the molecule is CC(C)(C)c1ccc(N2Cc3cccc(NCCc4cccnc4)c3C2=O)cc1.C[C@H](Nc1cccc2c1C(=O)N(c1ccc(C(C)(C)C)cc1)C2)c1ccncc1. The third kappa shape index (κ3) is 8.81. The maximum Gasteiger partial charge on any atom is 0.261 e. The average Bonchev–Trinajstić information content (AvgIpc) is 3.75. The Morgan fingerprint density at radius 3 is 1.62 bits per heavy atom. The van der Waals surface area contributed by atoms with Crippen LogP contribution < -0.4 is 20.4 Å². The van der Waals surface area contributed by atoms with Crippen LogP contribution in [0, 0.1) is 0 Å². The molecule has 0 saturated heterocycles. The standard InChI is InChI=1S/2C25H27N3O/c1-17(18-12-14-26-15-13-18)27-22-7-5-6-19-16-28(24(29)23(19)22)21-10-8-20(9-11-21)25(2,3)4;1-25(2,3)20-9-11-21(12-10-20)28-17-19-7-4-8-22(23(19)24(28)29)27-15-13-18-6-5-14-26-16-18/h5-15,17,27H,16H2,1-4H3;4-12,14,16,27H,13,15,17H2,1-3H3/t17-;/m0./s1. The summed E-state index contributed by atoms with van der Waals surface area (Å²) in [6, 6.07) is 36.9. The van der Waals surface area contributed by atoms with Crippen LogP contribution in [0.1, 0.15) is 109 Å². The van der Waals surface area contributed by atoms with Gasteiger partial charge in [-0.1, -0.05) is 96.1 Å². The van der Waals surface area contributed by atoms with Gasteiger partial charge in [0, 0.05) is 60.1 Å². The highest BCUT2D eigenvalue weighted by molar-refractivity contribution is 6.14. The lowest BCUT2D eigenvalue weighted by Gasteiger charge is -2.21. The molecule has 2 N–H and O–H groups in total. The van der Waals surface area contributed by atoms with Gasteiger partial charge in [-0.3, -0.25) is 19.6 Å². The maximum absolute atomic E-state index is 13.3. The van der Waals surface area contributed by atoms with Crippen molar-refractivity contribution in [3.8, 4) is 0 Å². The van der Waals surface area contributed by atoms with Gasteiger partial charge in [-0.25, -0.2) is 0 Å². The molecule has 2 aromatic heterocycles. The van der Waals surface area contributed by atoms with Gasteiger partial charge in [0.2, 0.25) is 0 Å². The van der Waals surface area contributed by atoms with Crippen LogP contribution in [0.4, 0.5) is 22.7 Å². The second-order valence-electron chi connectivity index (χ2n) is 17.2. The van der Waals surface area contributed by atoms with Crippen LogP contribution in [0.25, 0.3) is 0 Å². The number of nitrogens with zero attached hydrogens (tertiary/aromatic N) is 4. The number of rotatable bonds is 9. The van der Waals surface area contributed by atoms with Gasteiger partial charge in [-0.2, -0.15) is 0 Å². The number of nitrogens with one attached hydrogen (secondary N) is 2. The van der Waals surface area contributed by atoms with Crippen molar-refractivity contribution in [1.82, 2.24) is 9.97 Å². The highest BCUT2D eigenvalue weighted by atomic mass is 16.2. The Labute approximate surface area is 343 Å². The van der Waals surface area contributed by atoms with Crippen LogP contribution in [0.15, 0.2) is 134 Å². The molecular formula is C50H54N6O2. The normalized spacial score (nSPS) is 14.1. The fourth-order valence-electron chi connectivity index (χ4n) is 7.55. The summed E-state index contributed by atoms with van der Waals surface area (Å²) in [5.74, 6) is 0.113. The topological polar surface area (TPSA) is 90.5 Å². The molecule has 2 aliphatic rings. The van der Waals surface area contributed by atoms with E-state index in [9.17, 15) is 9.59 Å². The molecule has 0 unspecified atom stereocenters. The molecule has 8 heteroatoms. The molecule has 0 bridgehead atoms. The van der Waals surface area contributed by atoms with Crippen LogP contribution >= 0.6 is 0 Å². The zero-order valence-electron chi connectivity index (χ0n) is 34.7. The number of fused-ring (bicyclic) bond motifs is 2. The van der Waals surface area contributed by atoms with Crippen LogP contribution in [0.3, 0.4) is 0 Å². The molecule has 0 aliphatic carbocycles. The Kier molecular flexibility index (Phi) is 11.5. The van der Waals surface area contributed by atoms with E-state index in [-0.39, 0.29) is 28.7 Å². The molecule has 0 fully saturated rings. The van der Waals surface area contributed by atoms with E-state index in [0.717, 1.165) is 63.5 Å². The van der Waals surface area contributed by atoms with Crippen LogP contribution in [-0.2, 0) is 30.3 Å². The van der Waals surface area contributed by atoms with Crippen molar-refractivity contribution in [3.05, 3.63) is 178 Å². The van der Waals surface area contributed by atoms with E-state index >= 15 is 0 Å². The highest BCUT2D eigenvalue weighted by Crippen LogP contribution is 2.36. The summed E-state index contributed by atoms with van der Waals surface area (Å²) in [7, 11) is 0. The predicted molar refractivity (Wildman–Crippen MR) is 237 cm³/mol. The van der Waals surface area contributed by atoms with Gasteiger partial charge in [0.15, 0.2) is 0 Å². The first-order valence-electron chi connectivity index (χ1n) is 20.2. The van der Waals surface area contributed by atoms with Gasteiger partial charge in [0.05, 0.1) is 24.2 Å². The van der Waals surface area contributed by atoms with E-state index in [1.165, 1.54) is 16.7 Å². The van der Waals surface area contributed by atoms with Gasteiger partial charge in [0.1, 0.15) is 0 Å². The zero-order chi connectivity index (χ0) is 41.0. The van der Waals surface area contributed by atoms with Crippen molar-refractivity contribution in [3.63, 3.8) is 0 Å². The summed E-state index contributed by atoms with van der Waals surface area (Å²) in [6.45, 7) is 17.2.